The molecule has 0 N–H and O–H groups in total. The minimum Gasteiger partial charge on any atom is -0.363 e. The Morgan fingerprint density at radius 2 is 1.75 bits per heavy atom. The zero-order chi connectivity index (χ0) is 19.5. The number of hydrogen-bond donors (Lipinski definition) is 0. The maximum atomic E-state index is 12.8. The molecule has 7 nitrogen and oxygen atoms in total. The molecule has 0 saturated carbocycles. The number of likely N-dealkylation sites (tertiary alicyclic amines) is 2. The summed E-state index contributed by atoms with van der Waals surface area (Å²) in [6, 6.07) is 2.67. The van der Waals surface area contributed by atoms with E-state index >= 15 is 0 Å². The number of amides is 1. The van der Waals surface area contributed by atoms with Crippen LogP contribution < -0.4 is 9.80 Å². The van der Waals surface area contributed by atoms with E-state index in [1.165, 1.54) is 12.8 Å². The van der Waals surface area contributed by atoms with Crippen LogP contribution in [0.3, 0.4) is 0 Å². The molecule has 0 bridgehead atoms. The molecule has 7 heteroatoms. The standard InChI is InChI=1S/C21H34N6O/c1-24(2)19-14-20(23-16-22-19)25-12-7-18(8-13-25)27-11-5-6-17(15-27)21(28)26-9-3-4-10-26/h14,16-18H,3-13,15H2,1-2H3/t17-/m0/s1. The van der Waals surface area contributed by atoms with Gasteiger partial charge in [-0.2, -0.15) is 0 Å². The Bertz CT molecular complexity index is 667. The van der Waals surface area contributed by atoms with Crippen molar-refractivity contribution >= 4 is 17.5 Å². The van der Waals surface area contributed by atoms with E-state index in [1.54, 1.807) is 6.33 Å². The molecule has 3 fully saturated rings. The summed E-state index contributed by atoms with van der Waals surface area (Å²) < 4.78 is 0. The molecule has 0 aromatic carbocycles. The van der Waals surface area contributed by atoms with Crippen LogP contribution in [0.25, 0.3) is 0 Å². The number of nitrogens with zero attached hydrogens (tertiary/aromatic N) is 6. The van der Waals surface area contributed by atoms with Gasteiger partial charge in [0.25, 0.3) is 0 Å². The highest BCUT2D eigenvalue weighted by molar-refractivity contribution is 5.79. The Morgan fingerprint density at radius 3 is 2.46 bits per heavy atom. The first kappa shape index (κ1) is 19.4. The first-order valence-electron chi connectivity index (χ1n) is 10.9. The van der Waals surface area contributed by atoms with Crippen LogP contribution in [0.5, 0.6) is 0 Å². The molecule has 1 aromatic heterocycles. The predicted octanol–water partition coefficient (Wildman–Crippen LogP) is 1.85. The molecule has 3 saturated heterocycles. The fraction of sp³-hybridized carbons (Fsp3) is 0.762. The average molecular weight is 387 g/mol. The second-order valence-electron chi connectivity index (χ2n) is 8.71. The van der Waals surface area contributed by atoms with Crippen LogP contribution in [0, 0.1) is 5.92 Å². The zero-order valence-electron chi connectivity index (χ0n) is 17.4. The van der Waals surface area contributed by atoms with Crippen LogP contribution >= 0.6 is 0 Å². The van der Waals surface area contributed by atoms with Crippen LogP contribution in [0.15, 0.2) is 12.4 Å². The summed E-state index contributed by atoms with van der Waals surface area (Å²) in [5, 5.41) is 0. The molecule has 3 aliphatic rings. The van der Waals surface area contributed by atoms with Gasteiger partial charge in [-0.1, -0.05) is 0 Å². The Kier molecular flexibility index (Phi) is 5.99. The van der Waals surface area contributed by atoms with E-state index in [4.69, 9.17) is 0 Å². The van der Waals surface area contributed by atoms with E-state index in [9.17, 15) is 4.79 Å². The molecule has 3 aliphatic heterocycles. The molecular weight excluding hydrogens is 352 g/mol. The van der Waals surface area contributed by atoms with Crippen molar-refractivity contribution in [1.82, 2.24) is 19.8 Å². The third-order valence-electron chi connectivity index (χ3n) is 6.62. The van der Waals surface area contributed by atoms with Crippen molar-refractivity contribution in [2.75, 3.05) is 63.2 Å². The van der Waals surface area contributed by atoms with E-state index in [2.05, 4.69) is 30.7 Å². The molecule has 1 aromatic rings. The van der Waals surface area contributed by atoms with E-state index in [-0.39, 0.29) is 5.92 Å². The van der Waals surface area contributed by atoms with Crippen LogP contribution in [-0.4, -0.2) is 85.1 Å². The summed E-state index contributed by atoms with van der Waals surface area (Å²) in [5.74, 6) is 2.61. The van der Waals surface area contributed by atoms with Crippen LogP contribution in [0.2, 0.25) is 0 Å². The van der Waals surface area contributed by atoms with Crippen molar-refractivity contribution in [2.24, 2.45) is 5.92 Å². The number of hydrogen-bond acceptors (Lipinski definition) is 6. The Labute approximate surface area is 168 Å². The van der Waals surface area contributed by atoms with E-state index in [1.807, 2.05) is 19.0 Å². The lowest BCUT2D eigenvalue weighted by atomic mass is 9.93. The van der Waals surface area contributed by atoms with Gasteiger partial charge in [0.05, 0.1) is 5.92 Å². The van der Waals surface area contributed by atoms with Gasteiger partial charge in [0.1, 0.15) is 18.0 Å². The van der Waals surface area contributed by atoms with Gasteiger partial charge in [-0.3, -0.25) is 9.69 Å². The van der Waals surface area contributed by atoms with Gasteiger partial charge < -0.3 is 14.7 Å². The summed E-state index contributed by atoms with van der Waals surface area (Å²) >= 11 is 0. The van der Waals surface area contributed by atoms with E-state index < -0.39 is 0 Å². The maximum absolute atomic E-state index is 12.8. The number of aromatic nitrogens is 2. The molecule has 28 heavy (non-hydrogen) atoms. The lowest BCUT2D eigenvalue weighted by Gasteiger charge is -2.42. The fourth-order valence-corrected chi connectivity index (χ4v) is 4.95. The third kappa shape index (κ3) is 4.24. The maximum Gasteiger partial charge on any atom is 0.226 e. The van der Waals surface area contributed by atoms with Crippen molar-refractivity contribution in [3.05, 3.63) is 12.4 Å². The molecule has 0 spiro atoms. The lowest BCUT2D eigenvalue weighted by molar-refractivity contribution is -0.136. The van der Waals surface area contributed by atoms with Gasteiger partial charge in [-0.15, -0.1) is 0 Å². The van der Waals surface area contributed by atoms with Crippen molar-refractivity contribution in [3.8, 4) is 0 Å². The first-order chi connectivity index (χ1) is 13.6. The molecule has 0 radical (unpaired) electrons. The van der Waals surface area contributed by atoms with Crippen molar-refractivity contribution in [2.45, 2.75) is 44.6 Å². The second-order valence-corrected chi connectivity index (χ2v) is 8.71. The minimum absolute atomic E-state index is 0.217. The molecule has 0 unspecified atom stereocenters. The SMILES string of the molecule is CN(C)c1cc(N2CCC(N3CCC[C@H](C(=O)N4CCCC4)C3)CC2)ncn1. The first-order valence-corrected chi connectivity index (χ1v) is 10.9. The number of rotatable bonds is 4. The fourth-order valence-electron chi connectivity index (χ4n) is 4.95. The normalized spacial score (nSPS) is 24.6. The summed E-state index contributed by atoms with van der Waals surface area (Å²) in [4.78, 5) is 30.7. The monoisotopic (exact) mass is 386 g/mol. The Morgan fingerprint density at radius 1 is 1.00 bits per heavy atom. The average Bonchev–Trinajstić information content (AvgIpc) is 3.28. The molecule has 1 atom stereocenters. The van der Waals surface area contributed by atoms with Crippen LogP contribution in [0.4, 0.5) is 11.6 Å². The van der Waals surface area contributed by atoms with Crippen molar-refractivity contribution in [3.63, 3.8) is 0 Å². The molecule has 4 rings (SSSR count). The summed E-state index contributed by atoms with van der Waals surface area (Å²) in [6.07, 6.45) is 8.54. The quantitative estimate of drug-likeness (QED) is 0.787. The highest BCUT2D eigenvalue weighted by Gasteiger charge is 2.34. The summed E-state index contributed by atoms with van der Waals surface area (Å²) in [7, 11) is 4.02. The van der Waals surface area contributed by atoms with E-state index in [0.29, 0.717) is 11.9 Å². The smallest absolute Gasteiger partial charge is 0.226 e. The highest BCUT2D eigenvalue weighted by atomic mass is 16.2. The molecular formula is C21H34N6O. The zero-order valence-corrected chi connectivity index (χ0v) is 17.4. The topological polar surface area (TPSA) is 55.8 Å². The number of carbonyl (C=O) groups excluding carboxylic acids is 1. The van der Waals surface area contributed by atoms with Gasteiger partial charge in [-0.25, -0.2) is 9.97 Å². The predicted molar refractivity (Wildman–Crippen MR) is 112 cm³/mol. The number of piperidine rings is 2. The van der Waals surface area contributed by atoms with Gasteiger partial charge in [0.15, 0.2) is 0 Å². The summed E-state index contributed by atoms with van der Waals surface area (Å²) in [5.41, 5.74) is 0. The minimum atomic E-state index is 0.217. The van der Waals surface area contributed by atoms with Gasteiger partial charge >= 0.3 is 0 Å². The van der Waals surface area contributed by atoms with Gasteiger partial charge in [-0.05, 0) is 45.1 Å². The van der Waals surface area contributed by atoms with Crippen LogP contribution in [-0.2, 0) is 4.79 Å². The third-order valence-corrected chi connectivity index (χ3v) is 6.62. The Balaban J connectivity index is 1.32. The largest absolute Gasteiger partial charge is 0.363 e. The van der Waals surface area contributed by atoms with Crippen molar-refractivity contribution < 1.29 is 4.79 Å². The van der Waals surface area contributed by atoms with Gasteiger partial charge in [0, 0.05) is 58.9 Å². The molecule has 154 valence electrons. The molecule has 4 heterocycles. The highest BCUT2D eigenvalue weighted by Crippen LogP contribution is 2.28. The molecule has 0 aliphatic carbocycles. The summed E-state index contributed by atoms with van der Waals surface area (Å²) in [6.45, 7) is 6.10. The Hall–Kier alpha value is -1.89. The number of anilines is 2. The van der Waals surface area contributed by atoms with Gasteiger partial charge in [0.2, 0.25) is 5.91 Å². The van der Waals surface area contributed by atoms with E-state index in [0.717, 1.165) is 76.6 Å². The molecule has 1 amide bonds. The van der Waals surface area contributed by atoms with Crippen LogP contribution in [0.1, 0.15) is 38.5 Å². The lowest BCUT2D eigenvalue weighted by Crippen LogP contribution is -2.51. The number of carbonyl (C=O) groups is 1. The second kappa shape index (κ2) is 8.64. The van der Waals surface area contributed by atoms with Crippen molar-refractivity contribution in [1.29, 1.82) is 0 Å².